The molecule has 0 aromatic rings. The van der Waals surface area contributed by atoms with E-state index in [1.54, 1.807) is 6.92 Å². The molecule has 0 radical (unpaired) electrons. The van der Waals surface area contributed by atoms with Crippen LogP contribution in [0.4, 0.5) is 0 Å². The van der Waals surface area contributed by atoms with Crippen molar-refractivity contribution in [3.8, 4) is 0 Å². The van der Waals surface area contributed by atoms with E-state index in [2.05, 4.69) is 0 Å². The van der Waals surface area contributed by atoms with Crippen LogP contribution in [0.5, 0.6) is 0 Å². The molecule has 3 heteroatoms. The van der Waals surface area contributed by atoms with Crippen molar-refractivity contribution in [1.82, 2.24) is 0 Å². The van der Waals surface area contributed by atoms with Crippen molar-refractivity contribution in [3.05, 3.63) is 0 Å². The zero-order valence-corrected chi connectivity index (χ0v) is 11.0. The van der Waals surface area contributed by atoms with Crippen molar-refractivity contribution in [3.63, 3.8) is 0 Å². The van der Waals surface area contributed by atoms with Crippen molar-refractivity contribution in [1.29, 1.82) is 0 Å². The molecular formula is C13H24O3. The maximum Gasteiger partial charge on any atom is 0.146 e. The van der Waals surface area contributed by atoms with Crippen LogP contribution in [0.15, 0.2) is 0 Å². The maximum absolute atomic E-state index is 11.6. The number of ketones is 2. The lowest BCUT2D eigenvalue weighted by atomic mass is 9.70. The fourth-order valence-corrected chi connectivity index (χ4v) is 2.07. The van der Waals surface area contributed by atoms with Gasteiger partial charge in [-0.2, -0.15) is 0 Å². The second-order valence-corrected chi connectivity index (χ2v) is 4.90. The molecule has 1 aliphatic carbocycles. The van der Waals surface area contributed by atoms with Gasteiger partial charge in [0.1, 0.15) is 17.5 Å². The zero-order valence-electron chi connectivity index (χ0n) is 11.0. The van der Waals surface area contributed by atoms with E-state index in [1.807, 2.05) is 27.7 Å². The molecule has 1 rings (SSSR count). The second kappa shape index (κ2) is 6.14. The number of aliphatic hydroxyl groups excluding tert-OH is 1. The highest BCUT2D eigenvalue weighted by Crippen LogP contribution is 2.35. The molecule has 0 amide bonds. The average molecular weight is 228 g/mol. The van der Waals surface area contributed by atoms with Crippen molar-refractivity contribution in [2.24, 2.45) is 11.3 Å². The number of carbonyl (C=O) groups is 2. The first-order valence-electron chi connectivity index (χ1n) is 6.11. The van der Waals surface area contributed by atoms with Crippen LogP contribution in [0.1, 0.15) is 53.9 Å². The van der Waals surface area contributed by atoms with Gasteiger partial charge in [-0.05, 0) is 11.8 Å². The lowest BCUT2D eigenvalue weighted by molar-refractivity contribution is -0.144. The van der Waals surface area contributed by atoms with Gasteiger partial charge in [-0.25, -0.2) is 0 Å². The minimum absolute atomic E-state index is 0.0967. The topological polar surface area (TPSA) is 54.4 Å². The summed E-state index contributed by atoms with van der Waals surface area (Å²) in [7, 11) is 0. The van der Waals surface area contributed by atoms with Gasteiger partial charge in [0, 0.05) is 12.8 Å². The molecule has 0 aromatic heterocycles. The van der Waals surface area contributed by atoms with Crippen LogP contribution in [-0.2, 0) is 9.59 Å². The highest BCUT2D eigenvalue weighted by atomic mass is 16.3. The SMILES string of the molecule is CC.CCC(O)C1C(=O)CC(C)(C)CC1=O. The largest absolute Gasteiger partial charge is 0.392 e. The van der Waals surface area contributed by atoms with Gasteiger partial charge < -0.3 is 5.11 Å². The molecule has 1 N–H and O–H groups in total. The van der Waals surface area contributed by atoms with E-state index in [0.29, 0.717) is 19.3 Å². The Hall–Kier alpha value is -0.700. The molecule has 94 valence electrons. The summed E-state index contributed by atoms with van der Waals surface area (Å²) in [4.78, 5) is 23.3. The summed E-state index contributed by atoms with van der Waals surface area (Å²) in [5.41, 5.74) is -0.224. The Bertz CT molecular complexity index is 236. The van der Waals surface area contributed by atoms with Crippen LogP contribution >= 0.6 is 0 Å². The van der Waals surface area contributed by atoms with Crippen molar-refractivity contribution >= 4 is 11.6 Å². The van der Waals surface area contributed by atoms with E-state index >= 15 is 0 Å². The number of rotatable bonds is 2. The predicted molar refractivity (Wildman–Crippen MR) is 64.2 cm³/mol. The molecule has 0 spiro atoms. The van der Waals surface area contributed by atoms with Crippen LogP contribution in [0.3, 0.4) is 0 Å². The monoisotopic (exact) mass is 228 g/mol. The normalized spacial score (nSPS) is 22.4. The molecule has 1 saturated carbocycles. The molecule has 1 fully saturated rings. The van der Waals surface area contributed by atoms with Crippen molar-refractivity contribution in [2.45, 2.75) is 60.0 Å². The van der Waals surface area contributed by atoms with E-state index < -0.39 is 12.0 Å². The fourth-order valence-electron chi connectivity index (χ4n) is 2.07. The van der Waals surface area contributed by atoms with Gasteiger partial charge in [-0.15, -0.1) is 0 Å². The van der Waals surface area contributed by atoms with Crippen LogP contribution in [0.25, 0.3) is 0 Å². The predicted octanol–water partition coefficient (Wildman–Crippen LogP) is 2.36. The van der Waals surface area contributed by atoms with Crippen LogP contribution < -0.4 is 0 Å². The van der Waals surface area contributed by atoms with Crippen LogP contribution in [-0.4, -0.2) is 22.8 Å². The summed E-state index contributed by atoms with van der Waals surface area (Å²) in [5, 5.41) is 9.55. The first-order valence-corrected chi connectivity index (χ1v) is 6.11. The highest BCUT2D eigenvalue weighted by Gasteiger charge is 2.42. The number of hydrogen-bond donors (Lipinski definition) is 1. The Morgan fingerprint density at radius 2 is 1.62 bits per heavy atom. The van der Waals surface area contributed by atoms with Gasteiger partial charge >= 0.3 is 0 Å². The number of carbonyl (C=O) groups excluding carboxylic acids is 2. The standard InChI is InChI=1S/C11H18O3.C2H6/c1-4-7(12)10-8(13)5-11(2,3)6-9(10)14;1-2/h7,10,12H,4-6H2,1-3H3;1-2H3. The van der Waals surface area contributed by atoms with E-state index in [1.165, 1.54) is 0 Å². The summed E-state index contributed by atoms with van der Waals surface area (Å²) >= 11 is 0. The molecule has 1 atom stereocenters. The Kier molecular flexibility index (Phi) is 5.87. The van der Waals surface area contributed by atoms with Gasteiger partial charge in [0.05, 0.1) is 6.10 Å². The Morgan fingerprint density at radius 3 is 1.94 bits per heavy atom. The highest BCUT2D eigenvalue weighted by molar-refractivity contribution is 6.05. The molecule has 0 aromatic carbocycles. The Morgan fingerprint density at radius 1 is 1.25 bits per heavy atom. The smallest absolute Gasteiger partial charge is 0.146 e. The molecule has 3 nitrogen and oxygen atoms in total. The minimum atomic E-state index is -0.786. The van der Waals surface area contributed by atoms with Gasteiger partial charge in [0.15, 0.2) is 0 Å². The molecule has 1 unspecified atom stereocenters. The third kappa shape index (κ3) is 3.71. The number of aliphatic hydroxyl groups is 1. The summed E-state index contributed by atoms with van der Waals surface area (Å²) < 4.78 is 0. The molecule has 1 aliphatic rings. The second-order valence-electron chi connectivity index (χ2n) is 4.90. The molecule has 0 aliphatic heterocycles. The Balaban J connectivity index is 0.00000106. The summed E-state index contributed by atoms with van der Waals surface area (Å²) in [6, 6.07) is 0. The van der Waals surface area contributed by atoms with Gasteiger partial charge in [-0.3, -0.25) is 9.59 Å². The summed E-state index contributed by atoms with van der Waals surface area (Å²) in [5.74, 6) is -0.950. The fraction of sp³-hybridized carbons (Fsp3) is 0.846. The third-order valence-electron chi connectivity index (χ3n) is 2.80. The zero-order chi connectivity index (χ0) is 12.9. The Labute approximate surface area is 98.2 Å². The summed E-state index contributed by atoms with van der Waals surface area (Å²) in [6.07, 6.45) is 0.481. The lowest BCUT2D eigenvalue weighted by Crippen LogP contribution is -2.43. The lowest BCUT2D eigenvalue weighted by Gasteiger charge is -2.33. The molecule has 0 saturated heterocycles. The molecule has 16 heavy (non-hydrogen) atoms. The van der Waals surface area contributed by atoms with E-state index in [-0.39, 0.29) is 17.0 Å². The van der Waals surface area contributed by atoms with Gasteiger partial charge in [0.2, 0.25) is 0 Å². The average Bonchev–Trinajstić information content (AvgIpc) is 2.17. The molecule has 0 bridgehead atoms. The molecular weight excluding hydrogens is 204 g/mol. The third-order valence-corrected chi connectivity index (χ3v) is 2.80. The van der Waals surface area contributed by atoms with Crippen molar-refractivity contribution in [2.75, 3.05) is 0 Å². The van der Waals surface area contributed by atoms with E-state index in [4.69, 9.17) is 0 Å². The van der Waals surface area contributed by atoms with E-state index in [9.17, 15) is 14.7 Å². The maximum atomic E-state index is 11.6. The minimum Gasteiger partial charge on any atom is -0.392 e. The van der Waals surface area contributed by atoms with Gasteiger partial charge in [0.25, 0.3) is 0 Å². The van der Waals surface area contributed by atoms with Crippen LogP contribution in [0.2, 0.25) is 0 Å². The molecule has 0 heterocycles. The van der Waals surface area contributed by atoms with E-state index in [0.717, 1.165) is 0 Å². The van der Waals surface area contributed by atoms with Crippen LogP contribution in [0, 0.1) is 11.3 Å². The first kappa shape index (κ1) is 15.3. The number of Topliss-reactive ketones (excluding diaryl/α,β-unsaturated/α-hetero) is 2. The summed E-state index contributed by atoms with van der Waals surface area (Å²) in [6.45, 7) is 9.61. The van der Waals surface area contributed by atoms with Crippen molar-refractivity contribution < 1.29 is 14.7 Å². The first-order chi connectivity index (χ1) is 7.37. The quantitative estimate of drug-likeness (QED) is 0.738. The number of hydrogen-bond acceptors (Lipinski definition) is 3. The van der Waals surface area contributed by atoms with Gasteiger partial charge in [-0.1, -0.05) is 34.6 Å².